The second kappa shape index (κ2) is 8.15. The molecule has 0 fully saturated rings. The summed E-state index contributed by atoms with van der Waals surface area (Å²) in [4.78, 5) is 22.0. The lowest BCUT2D eigenvalue weighted by Crippen LogP contribution is -2.25. The number of hydrogen-bond donors (Lipinski definition) is 2. The monoisotopic (exact) mass is 335 g/mol. The molecule has 0 radical (unpaired) electrons. The van der Waals surface area contributed by atoms with E-state index in [0.717, 1.165) is 12.0 Å². The van der Waals surface area contributed by atoms with Crippen LogP contribution in [0.4, 0.5) is 0 Å². The summed E-state index contributed by atoms with van der Waals surface area (Å²) >= 11 is 16.7. The van der Waals surface area contributed by atoms with Crippen LogP contribution in [0.25, 0.3) is 0 Å². The number of aryl methyl sites for hydroxylation is 1. The summed E-state index contributed by atoms with van der Waals surface area (Å²) in [6, 6.07) is 7.39. The first kappa shape index (κ1) is 16.8. The van der Waals surface area contributed by atoms with Crippen LogP contribution >= 0.6 is 34.8 Å². The average Bonchev–Trinajstić information content (AvgIpc) is 2.43. The second-order valence-electron chi connectivity index (χ2n) is 3.92. The second-order valence-corrected chi connectivity index (χ2v) is 5.11. The van der Waals surface area contributed by atoms with Gasteiger partial charge in [-0.3, -0.25) is 4.79 Å². The van der Waals surface area contributed by atoms with E-state index in [2.05, 4.69) is 5.32 Å². The summed E-state index contributed by atoms with van der Waals surface area (Å²) in [5, 5.41) is 10.5. The van der Waals surface area contributed by atoms with Gasteiger partial charge in [0.15, 0.2) is 0 Å². The molecule has 0 bridgehead atoms. The summed E-state index contributed by atoms with van der Waals surface area (Å²) in [6.07, 6.45) is 1.44. The van der Waals surface area contributed by atoms with Gasteiger partial charge in [-0.15, -0.1) is 0 Å². The fourth-order valence-electron chi connectivity index (χ4n) is 1.42. The molecule has 0 saturated carbocycles. The molecule has 7 heteroatoms. The predicted octanol–water partition coefficient (Wildman–Crippen LogP) is 3.16. The van der Waals surface area contributed by atoms with Crippen molar-refractivity contribution < 1.29 is 14.7 Å². The van der Waals surface area contributed by atoms with Crippen molar-refractivity contribution in [1.82, 2.24) is 5.32 Å². The van der Waals surface area contributed by atoms with E-state index < -0.39 is 21.9 Å². The zero-order valence-corrected chi connectivity index (χ0v) is 12.6. The Kier molecular flexibility index (Phi) is 6.85. The summed E-state index contributed by atoms with van der Waals surface area (Å²) in [5.74, 6) is -2.14. The number of rotatable bonds is 6. The summed E-state index contributed by atoms with van der Waals surface area (Å²) in [7, 11) is 0. The molecule has 20 heavy (non-hydrogen) atoms. The number of carbonyl (C=O) groups is 2. The molecule has 0 saturated heterocycles. The smallest absolute Gasteiger partial charge is 0.349 e. The highest BCUT2D eigenvalue weighted by atomic mass is 35.5. The Morgan fingerprint density at radius 3 is 2.25 bits per heavy atom. The van der Waals surface area contributed by atoms with Crippen LogP contribution < -0.4 is 5.32 Å². The minimum Gasteiger partial charge on any atom is -0.477 e. The summed E-state index contributed by atoms with van der Waals surface area (Å²) in [6.45, 7) is 0.363. The van der Waals surface area contributed by atoms with E-state index in [9.17, 15) is 9.59 Å². The first-order chi connectivity index (χ1) is 9.41. The summed E-state index contributed by atoms with van der Waals surface area (Å²) in [5.41, 5.74) is 1.09. The van der Waals surface area contributed by atoms with Gasteiger partial charge in [0.05, 0.1) is 0 Å². The molecule has 0 aromatic heterocycles. The third-order valence-corrected chi connectivity index (χ3v) is 3.48. The highest BCUT2D eigenvalue weighted by Gasteiger charge is 2.16. The maximum absolute atomic E-state index is 11.5. The minimum atomic E-state index is -1.44. The quantitative estimate of drug-likeness (QED) is 0.619. The first-order valence-corrected chi connectivity index (χ1v) is 6.86. The molecule has 0 spiro atoms. The fourth-order valence-corrected chi connectivity index (χ4v) is 1.78. The molecule has 0 aliphatic carbocycles. The van der Waals surface area contributed by atoms with Crippen LogP contribution in [0.3, 0.4) is 0 Å². The van der Waals surface area contributed by atoms with Gasteiger partial charge in [0.2, 0.25) is 0 Å². The normalized spacial score (nSPS) is 11.8. The Morgan fingerprint density at radius 2 is 1.70 bits per heavy atom. The van der Waals surface area contributed by atoms with Crippen LogP contribution in [0.2, 0.25) is 5.02 Å². The maximum Gasteiger partial charge on any atom is 0.349 e. The van der Waals surface area contributed by atoms with Gasteiger partial charge < -0.3 is 10.4 Å². The SMILES string of the molecule is O=C(O)/C(Cl)=C(/Cl)C(=O)NCCCc1ccc(Cl)cc1. The lowest BCUT2D eigenvalue weighted by Gasteiger charge is -2.05. The predicted molar refractivity (Wildman–Crippen MR) is 79.2 cm³/mol. The van der Waals surface area contributed by atoms with Crippen molar-refractivity contribution in [1.29, 1.82) is 0 Å². The van der Waals surface area contributed by atoms with Crippen molar-refractivity contribution in [3.63, 3.8) is 0 Å². The van der Waals surface area contributed by atoms with Gasteiger partial charge >= 0.3 is 5.97 Å². The van der Waals surface area contributed by atoms with Crippen LogP contribution in [0, 0.1) is 0 Å². The molecule has 2 N–H and O–H groups in total. The highest BCUT2D eigenvalue weighted by molar-refractivity contribution is 6.53. The number of carbonyl (C=O) groups excluding carboxylic acids is 1. The Labute approximate surface area is 131 Å². The average molecular weight is 337 g/mol. The highest BCUT2D eigenvalue weighted by Crippen LogP contribution is 2.14. The number of carboxylic acids is 1. The maximum atomic E-state index is 11.5. The number of carboxylic acid groups (broad SMARTS) is 1. The van der Waals surface area contributed by atoms with Gasteiger partial charge in [-0.05, 0) is 30.5 Å². The van der Waals surface area contributed by atoms with Gasteiger partial charge in [0, 0.05) is 11.6 Å². The van der Waals surface area contributed by atoms with E-state index >= 15 is 0 Å². The molecule has 1 rings (SSSR count). The van der Waals surface area contributed by atoms with Gasteiger partial charge in [-0.2, -0.15) is 0 Å². The van der Waals surface area contributed by atoms with Gasteiger partial charge in [0.1, 0.15) is 10.1 Å². The minimum absolute atomic E-state index is 0.363. The molecule has 108 valence electrons. The van der Waals surface area contributed by atoms with Crippen LogP contribution in [-0.4, -0.2) is 23.5 Å². The lowest BCUT2D eigenvalue weighted by atomic mass is 10.1. The molecule has 1 aromatic rings. The number of nitrogens with one attached hydrogen (secondary N) is 1. The van der Waals surface area contributed by atoms with E-state index in [0.29, 0.717) is 18.0 Å². The van der Waals surface area contributed by atoms with Gasteiger partial charge in [0.25, 0.3) is 5.91 Å². The van der Waals surface area contributed by atoms with Crippen LogP contribution in [0.15, 0.2) is 34.3 Å². The molecule has 0 unspecified atom stereocenters. The number of hydrogen-bond acceptors (Lipinski definition) is 2. The van der Waals surface area contributed by atoms with Crippen molar-refractivity contribution in [2.75, 3.05) is 6.54 Å². The van der Waals surface area contributed by atoms with E-state index in [-0.39, 0.29) is 0 Å². The Balaban J connectivity index is 2.38. The topological polar surface area (TPSA) is 66.4 Å². The molecule has 0 aliphatic heterocycles. The number of benzene rings is 1. The van der Waals surface area contributed by atoms with Crippen LogP contribution in [0.5, 0.6) is 0 Å². The molecule has 0 aliphatic rings. The van der Waals surface area contributed by atoms with E-state index in [4.69, 9.17) is 39.9 Å². The largest absolute Gasteiger partial charge is 0.477 e. The van der Waals surface area contributed by atoms with Crippen LogP contribution in [-0.2, 0) is 16.0 Å². The third-order valence-electron chi connectivity index (χ3n) is 2.42. The molecule has 4 nitrogen and oxygen atoms in total. The van der Waals surface area contributed by atoms with E-state index in [1.807, 2.05) is 12.1 Å². The number of amides is 1. The number of aliphatic carboxylic acids is 1. The standard InChI is InChI=1S/C13H12Cl3NO3/c14-9-5-3-8(4-6-9)2-1-7-17-12(18)10(15)11(16)13(19)20/h3-6H,1-2,7H2,(H,17,18)(H,19,20)/b11-10-. The van der Waals surface area contributed by atoms with E-state index in [1.54, 1.807) is 12.1 Å². The molecule has 0 heterocycles. The zero-order valence-electron chi connectivity index (χ0n) is 10.3. The first-order valence-electron chi connectivity index (χ1n) is 5.73. The fraction of sp³-hybridized carbons (Fsp3) is 0.231. The molecular formula is C13H12Cl3NO3. The van der Waals surface area contributed by atoms with Crippen molar-refractivity contribution in [2.45, 2.75) is 12.8 Å². The lowest BCUT2D eigenvalue weighted by molar-refractivity contribution is -0.132. The summed E-state index contributed by atoms with van der Waals surface area (Å²) < 4.78 is 0. The Bertz CT molecular complexity index is 526. The molecule has 0 atom stereocenters. The molecule has 1 aromatic carbocycles. The van der Waals surface area contributed by atoms with Gasteiger partial charge in [-0.25, -0.2) is 4.79 Å². The van der Waals surface area contributed by atoms with Crippen molar-refractivity contribution in [2.24, 2.45) is 0 Å². The van der Waals surface area contributed by atoms with Crippen molar-refractivity contribution in [3.8, 4) is 0 Å². The third kappa shape index (κ3) is 5.41. The molecular weight excluding hydrogens is 325 g/mol. The molecule has 1 amide bonds. The van der Waals surface area contributed by atoms with Gasteiger partial charge in [-0.1, -0.05) is 46.9 Å². The Hall–Kier alpha value is -1.23. The zero-order chi connectivity index (χ0) is 15.1. The number of halogens is 3. The van der Waals surface area contributed by atoms with Crippen molar-refractivity contribution in [3.05, 3.63) is 44.9 Å². The van der Waals surface area contributed by atoms with E-state index in [1.165, 1.54) is 0 Å². The van der Waals surface area contributed by atoms with Crippen LogP contribution in [0.1, 0.15) is 12.0 Å². The van der Waals surface area contributed by atoms with Crippen molar-refractivity contribution >= 4 is 46.7 Å². The Morgan fingerprint density at radius 1 is 1.10 bits per heavy atom.